The van der Waals surface area contributed by atoms with Gasteiger partial charge in [-0.1, -0.05) is 366 Å². The zero-order valence-corrected chi connectivity index (χ0v) is 54.3. The Bertz CT molecular complexity index is 1250. The summed E-state index contributed by atoms with van der Waals surface area (Å²) in [7, 11) is 0. The number of carbonyl (C=O) groups excluding carboxylic acids is 2. The van der Waals surface area contributed by atoms with Gasteiger partial charge in [0.1, 0.15) is 0 Å². The van der Waals surface area contributed by atoms with E-state index in [1.54, 1.807) is 0 Å². The number of rotatable bonds is 69. The van der Waals surface area contributed by atoms with Gasteiger partial charge < -0.3 is 20.3 Å². The van der Waals surface area contributed by atoms with E-state index < -0.39 is 12.1 Å². The summed E-state index contributed by atoms with van der Waals surface area (Å²) in [5.74, 6) is -0.0108. The van der Waals surface area contributed by atoms with Crippen LogP contribution in [0.4, 0.5) is 0 Å². The summed E-state index contributed by atoms with van der Waals surface area (Å²) in [6.45, 7) is 4.96. The van der Waals surface area contributed by atoms with Crippen molar-refractivity contribution in [2.45, 2.75) is 424 Å². The van der Waals surface area contributed by atoms with Crippen molar-refractivity contribution in [2.75, 3.05) is 13.2 Å². The molecule has 0 heterocycles. The predicted molar refractivity (Wildman–Crippen MR) is 352 cm³/mol. The number of nitrogens with one attached hydrogen (secondary N) is 1. The molecule has 0 spiro atoms. The van der Waals surface area contributed by atoms with Crippen LogP contribution in [0.2, 0.25) is 0 Å². The van der Waals surface area contributed by atoms with Gasteiger partial charge in [-0.15, -0.1) is 0 Å². The van der Waals surface area contributed by atoms with Gasteiger partial charge in [-0.2, -0.15) is 0 Å². The molecule has 1 amide bonds. The number of hydrogen-bond acceptors (Lipinski definition) is 5. The summed E-state index contributed by atoms with van der Waals surface area (Å²) in [5, 5.41) is 23.3. The van der Waals surface area contributed by atoms with E-state index in [2.05, 4.69) is 43.5 Å². The molecule has 2 atom stereocenters. The van der Waals surface area contributed by atoms with Crippen LogP contribution in [0.15, 0.2) is 24.3 Å². The molecule has 6 heteroatoms. The molecule has 0 aromatic carbocycles. The Morgan fingerprint density at radius 3 is 0.975 bits per heavy atom. The molecule has 0 aromatic heterocycles. The highest BCUT2D eigenvalue weighted by Crippen LogP contribution is 2.19. The van der Waals surface area contributed by atoms with Crippen LogP contribution in [-0.2, 0) is 14.3 Å². The summed E-state index contributed by atoms with van der Waals surface area (Å²) in [4.78, 5) is 24.6. The number of aliphatic hydroxyl groups excluding tert-OH is 2. The Hall–Kier alpha value is -1.66. The van der Waals surface area contributed by atoms with Crippen molar-refractivity contribution in [1.82, 2.24) is 5.32 Å². The highest BCUT2D eigenvalue weighted by molar-refractivity contribution is 5.76. The van der Waals surface area contributed by atoms with Crippen LogP contribution in [0.25, 0.3) is 0 Å². The van der Waals surface area contributed by atoms with Crippen molar-refractivity contribution in [1.29, 1.82) is 0 Å². The third kappa shape index (κ3) is 65.5. The van der Waals surface area contributed by atoms with E-state index in [4.69, 9.17) is 4.74 Å². The quantitative estimate of drug-likeness (QED) is 0.0320. The molecule has 0 radical (unpaired) electrons. The van der Waals surface area contributed by atoms with Crippen LogP contribution in [0.3, 0.4) is 0 Å². The van der Waals surface area contributed by atoms with Crippen LogP contribution in [0, 0.1) is 0 Å². The van der Waals surface area contributed by atoms with Gasteiger partial charge in [0.2, 0.25) is 5.91 Å². The van der Waals surface area contributed by atoms with Gasteiger partial charge in [0, 0.05) is 12.8 Å². The second-order valence-corrected chi connectivity index (χ2v) is 25.3. The number of carbonyl (C=O) groups is 2. The Labute approximate surface area is 501 Å². The van der Waals surface area contributed by atoms with Gasteiger partial charge in [-0.05, 0) is 57.8 Å². The highest BCUT2D eigenvalue weighted by Gasteiger charge is 2.20. The molecule has 6 nitrogen and oxygen atoms in total. The van der Waals surface area contributed by atoms with Crippen molar-refractivity contribution in [3.63, 3.8) is 0 Å². The number of amides is 1. The molecule has 0 aliphatic carbocycles. The van der Waals surface area contributed by atoms with E-state index in [1.165, 1.54) is 327 Å². The lowest BCUT2D eigenvalue weighted by Gasteiger charge is -2.22. The first kappa shape index (κ1) is 78.3. The van der Waals surface area contributed by atoms with E-state index in [1.807, 2.05) is 0 Å². The molecule has 2 unspecified atom stereocenters. The fourth-order valence-electron chi connectivity index (χ4n) is 11.7. The number of ether oxygens (including phenoxy) is 1. The van der Waals surface area contributed by atoms with E-state index in [0.29, 0.717) is 25.9 Å². The zero-order valence-electron chi connectivity index (χ0n) is 54.3. The maximum absolute atomic E-state index is 12.5. The lowest BCUT2D eigenvalue weighted by atomic mass is 10.0. The molecule has 0 aliphatic heterocycles. The normalized spacial score (nSPS) is 12.6. The third-order valence-electron chi connectivity index (χ3n) is 17.3. The number of esters is 1. The van der Waals surface area contributed by atoms with Crippen LogP contribution < -0.4 is 5.32 Å². The van der Waals surface area contributed by atoms with Gasteiger partial charge in [0.15, 0.2) is 0 Å². The van der Waals surface area contributed by atoms with Gasteiger partial charge in [0.25, 0.3) is 0 Å². The van der Waals surface area contributed by atoms with Gasteiger partial charge in [0.05, 0.1) is 25.4 Å². The van der Waals surface area contributed by atoms with Crippen molar-refractivity contribution < 1.29 is 24.5 Å². The van der Waals surface area contributed by atoms with E-state index in [-0.39, 0.29) is 18.5 Å². The number of unbranched alkanes of at least 4 members (excludes halogenated alkanes) is 54. The smallest absolute Gasteiger partial charge is 0.305 e. The molecule has 3 N–H and O–H groups in total. The molecular weight excluding hydrogens is 983 g/mol. The molecule has 0 bridgehead atoms. The minimum atomic E-state index is -0.660. The minimum Gasteiger partial charge on any atom is -0.466 e. The van der Waals surface area contributed by atoms with Crippen molar-refractivity contribution in [3.05, 3.63) is 24.3 Å². The predicted octanol–water partition coefficient (Wildman–Crippen LogP) is 23.7. The highest BCUT2D eigenvalue weighted by atomic mass is 16.5. The number of allylic oxidation sites excluding steroid dienone is 4. The third-order valence-corrected chi connectivity index (χ3v) is 17.3. The maximum Gasteiger partial charge on any atom is 0.305 e. The molecule has 0 fully saturated rings. The lowest BCUT2D eigenvalue weighted by Crippen LogP contribution is -2.45. The Kier molecular flexibility index (Phi) is 68.4. The topological polar surface area (TPSA) is 95.9 Å². The van der Waals surface area contributed by atoms with Crippen LogP contribution in [0.5, 0.6) is 0 Å². The lowest BCUT2D eigenvalue weighted by molar-refractivity contribution is -0.143. The van der Waals surface area contributed by atoms with E-state index in [0.717, 1.165) is 51.4 Å². The minimum absolute atomic E-state index is 0.0176. The Morgan fingerprint density at radius 1 is 0.350 bits per heavy atom. The SMILES string of the molecule is CCCCC/C=C\C/C=C\CCCCCCCCCCCC(=O)OCCCCCCCCCCCCCCCCCCCCCCCCCCCCCCCCCC(=O)NC(CO)C(O)CCCCCCCCCCCCCCC. The summed E-state index contributed by atoms with van der Waals surface area (Å²) in [6.07, 6.45) is 88.2. The van der Waals surface area contributed by atoms with Crippen molar-refractivity contribution in [2.24, 2.45) is 0 Å². The Morgan fingerprint density at radius 2 is 0.625 bits per heavy atom. The second kappa shape index (κ2) is 69.8. The van der Waals surface area contributed by atoms with Gasteiger partial charge in [-0.25, -0.2) is 0 Å². The summed E-state index contributed by atoms with van der Waals surface area (Å²) in [5.41, 5.74) is 0. The zero-order chi connectivity index (χ0) is 57.8. The first-order chi connectivity index (χ1) is 39.5. The molecular formula is C74H143NO5. The van der Waals surface area contributed by atoms with Gasteiger partial charge in [-0.3, -0.25) is 9.59 Å². The van der Waals surface area contributed by atoms with Crippen LogP contribution in [-0.4, -0.2) is 47.4 Å². The van der Waals surface area contributed by atoms with E-state index >= 15 is 0 Å². The van der Waals surface area contributed by atoms with Crippen LogP contribution >= 0.6 is 0 Å². The first-order valence-corrected chi connectivity index (χ1v) is 36.6. The fourth-order valence-corrected chi connectivity index (χ4v) is 11.7. The molecule has 0 rings (SSSR count). The monoisotopic (exact) mass is 1130 g/mol. The molecule has 0 aliphatic rings. The Balaban J connectivity index is 3.30. The summed E-state index contributed by atoms with van der Waals surface area (Å²) in [6, 6.07) is -0.537. The molecule has 474 valence electrons. The largest absolute Gasteiger partial charge is 0.466 e. The average Bonchev–Trinajstić information content (AvgIpc) is 3.46. The summed E-state index contributed by atoms with van der Waals surface area (Å²) < 4.78 is 5.51. The number of aliphatic hydroxyl groups is 2. The van der Waals surface area contributed by atoms with Gasteiger partial charge >= 0.3 is 5.97 Å². The molecule has 0 saturated carbocycles. The maximum atomic E-state index is 12.5. The molecule has 0 saturated heterocycles. The van der Waals surface area contributed by atoms with Crippen LogP contribution in [0.1, 0.15) is 412 Å². The van der Waals surface area contributed by atoms with Crippen molar-refractivity contribution in [3.8, 4) is 0 Å². The molecule has 80 heavy (non-hydrogen) atoms. The standard InChI is InChI=1S/C74H143NO5/c1-3-5-7-9-11-13-15-17-18-19-33-37-40-44-48-52-56-60-64-68-74(79)80-69-65-61-57-53-49-45-41-38-35-32-30-28-26-24-22-20-21-23-25-27-29-31-34-36-39-43-47-51-55-59-63-67-73(78)75-71(70-76)72(77)66-62-58-54-50-46-42-16-14-12-10-8-6-4-2/h11,13,17-18,71-72,76-77H,3-10,12,14-16,19-70H2,1-2H3,(H,75,78)/b13-11-,18-17-. The summed E-state index contributed by atoms with van der Waals surface area (Å²) >= 11 is 0. The molecule has 0 aromatic rings. The van der Waals surface area contributed by atoms with Crippen molar-refractivity contribution >= 4 is 11.9 Å². The first-order valence-electron chi connectivity index (χ1n) is 36.6. The second-order valence-electron chi connectivity index (χ2n) is 25.3. The van der Waals surface area contributed by atoms with E-state index in [9.17, 15) is 19.8 Å². The fraction of sp³-hybridized carbons (Fsp3) is 0.919. The average molecular weight is 1130 g/mol. The number of hydrogen-bond donors (Lipinski definition) is 3.